The number of hydrogen-bond acceptors (Lipinski definition) is 8. The highest BCUT2D eigenvalue weighted by atomic mass is 32.2. The molecule has 2 N–H and O–H groups in total. The molecule has 8 nitrogen and oxygen atoms in total. The van der Waals surface area contributed by atoms with E-state index < -0.39 is 15.9 Å². The van der Waals surface area contributed by atoms with Gasteiger partial charge < -0.3 is 19.9 Å². The van der Waals surface area contributed by atoms with Crippen molar-refractivity contribution < 1.29 is 17.9 Å². The summed E-state index contributed by atoms with van der Waals surface area (Å²) in [7, 11) is -4.07. The van der Waals surface area contributed by atoms with E-state index in [0.717, 1.165) is 87.8 Å². The van der Waals surface area contributed by atoms with Crippen LogP contribution in [0.1, 0.15) is 53.6 Å². The second kappa shape index (κ2) is 19.2. The van der Waals surface area contributed by atoms with E-state index in [9.17, 15) is 13.2 Å². The van der Waals surface area contributed by atoms with Gasteiger partial charge in [-0.05, 0) is 123 Å². The summed E-state index contributed by atoms with van der Waals surface area (Å²) in [5.41, 5.74) is 6.43. The van der Waals surface area contributed by atoms with Gasteiger partial charge in [0.1, 0.15) is 0 Å². The SMILES string of the molecule is Cc1cc(S(=O)(=O)NC(=O)c2ccc(N3CCC(Cc4ccccc4-c4ccccc4)(OCCN4CCCCC4)CC3)cc2)ccc1NCCSc1ccccc1. The lowest BCUT2D eigenvalue weighted by Crippen LogP contribution is -2.48. The van der Waals surface area contributed by atoms with Gasteiger partial charge >= 0.3 is 0 Å². The normalized spacial score (nSPS) is 15.9. The van der Waals surface area contributed by atoms with Crippen molar-refractivity contribution in [2.24, 2.45) is 0 Å². The molecule has 2 fully saturated rings. The van der Waals surface area contributed by atoms with E-state index in [0.29, 0.717) is 0 Å². The van der Waals surface area contributed by atoms with Crippen molar-refractivity contribution in [3.8, 4) is 11.1 Å². The standard InChI is InChI=1S/C47H54N4O4S2/c1-37-35-43(23-24-45(37)48-27-34-56-42-16-7-3-8-17-42)57(53,54)49-46(52)39-19-21-41(22-20-39)51-30-25-47(26-31-51,55-33-32-50-28-11-4-12-29-50)36-40-15-9-10-18-44(40)38-13-5-2-6-14-38/h2-3,5-10,13-24,35,48H,4,11-12,25-34,36H2,1H3,(H,49,52). The lowest BCUT2D eigenvalue weighted by atomic mass is 9.82. The number of ether oxygens (including phenoxy) is 1. The number of amides is 1. The Balaban J connectivity index is 0.961. The summed E-state index contributed by atoms with van der Waals surface area (Å²) >= 11 is 1.76. The van der Waals surface area contributed by atoms with E-state index in [-0.39, 0.29) is 16.1 Å². The van der Waals surface area contributed by atoms with Crippen LogP contribution in [0.15, 0.2) is 137 Å². The number of rotatable bonds is 16. The van der Waals surface area contributed by atoms with Gasteiger partial charge in [0.15, 0.2) is 0 Å². The van der Waals surface area contributed by atoms with Crippen molar-refractivity contribution >= 4 is 39.1 Å². The average Bonchev–Trinajstić information content (AvgIpc) is 3.24. The third-order valence-electron chi connectivity index (χ3n) is 11.2. The zero-order valence-corrected chi connectivity index (χ0v) is 34.5. The predicted octanol–water partition coefficient (Wildman–Crippen LogP) is 9.07. The molecule has 2 saturated heterocycles. The van der Waals surface area contributed by atoms with Crippen molar-refractivity contribution in [3.05, 3.63) is 144 Å². The molecular weight excluding hydrogens is 749 g/mol. The van der Waals surface area contributed by atoms with Crippen molar-refractivity contribution in [2.45, 2.75) is 60.8 Å². The van der Waals surface area contributed by atoms with E-state index in [2.05, 4.69) is 86.6 Å². The molecule has 0 bridgehead atoms. The Morgan fingerprint density at radius 2 is 1.47 bits per heavy atom. The first-order chi connectivity index (χ1) is 27.8. The number of nitrogens with one attached hydrogen (secondary N) is 2. The van der Waals surface area contributed by atoms with Crippen LogP contribution in [0.5, 0.6) is 0 Å². The molecule has 10 heteroatoms. The highest BCUT2D eigenvalue weighted by Gasteiger charge is 2.37. The van der Waals surface area contributed by atoms with Crippen LogP contribution in [0.3, 0.4) is 0 Å². The second-order valence-corrected chi connectivity index (χ2v) is 18.0. The van der Waals surface area contributed by atoms with Gasteiger partial charge in [-0.15, -0.1) is 11.8 Å². The molecule has 5 aromatic rings. The molecule has 0 aromatic heterocycles. The van der Waals surface area contributed by atoms with Crippen molar-refractivity contribution in [2.75, 3.05) is 61.8 Å². The average molecular weight is 803 g/mol. The Morgan fingerprint density at radius 1 is 0.789 bits per heavy atom. The molecule has 7 rings (SSSR count). The Morgan fingerprint density at radius 3 is 2.19 bits per heavy atom. The first-order valence-corrected chi connectivity index (χ1v) is 22.7. The summed E-state index contributed by atoms with van der Waals surface area (Å²) in [6, 6.07) is 41.6. The number of piperidine rings is 2. The van der Waals surface area contributed by atoms with E-state index >= 15 is 0 Å². The fourth-order valence-electron chi connectivity index (χ4n) is 7.98. The molecule has 1 amide bonds. The molecule has 57 heavy (non-hydrogen) atoms. The zero-order chi connectivity index (χ0) is 39.5. The summed E-state index contributed by atoms with van der Waals surface area (Å²) in [5.74, 6) is 0.213. The number of carbonyl (C=O) groups excluding carboxylic acids is 1. The monoisotopic (exact) mass is 802 g/mol. The third kappa shape index (κ3) is 10.9. The number of likely N-dealkylation sites (tertiary alicyclic amines) is 1. The number of sulfonamides is 1. The number of nitrogens with zero attached hydrogens (tertiary/aromatic N) is 2. The fraction of sp³-hybridized carbons (Fsp3) is 0.340. The van der Waals surface area contributed by atoms with E-state index in [4.69, 9.17) is 4.74 Å². The molecule has 2 aliphatic heterocycles. The fourth-order valence-corrected chi connectivity index (χ4v) is 9.82. The van der Waals surface area contributed by atoms with Gasteiger partial charge in [-0.1, -0.05) is 79.2 Å². The molecule has 298 valence electrons. The molecule has 5 aromatic carbocycles. The van der Waals surface area contributed by atoms with Gasteiger partial charge in [-0.3, -0.25) is 4.79 Å². The molecule has 0 saturated carbocycles. The Bertz CT molecular complexity index is 2170. The lowest BCUT2D eigenvalue weighted by molar-refractivity contribution is -0.0683. The topological polar surface area (TPSA) is 91.0 Å². The van der Waals surface area contributed by atoms with Gasteiger partial charge in [0.25, 0.3) is 15.9 Å². The quantitative estimate of drug-likeness (QED) is 0.0755. The van der Waals surface area contributed by atoms with Crippen LogP contribution in [0.25, 0.3) is 11.1 Å². The largest absolute Gasteiger partial charge is 0.384 e. The second-order valence-electron chi connectivity index (χ2n) is 15.2. The molecule has 0 spiro atoms. The number of hydrogen-bond donors (Lipinski definition) is 2. The molecule has 0 radical (unpaired) electrons. The zero-order valence-electron chi connectivity index (χ0n) is 32.9. The summed E-state index contributed by atoms with van der Waals surface area (Å²) in [5, 5.41) is 3.39. The third-order valence-corrected chi connectivity index (χ3v) is 13.6. The van der Waals surface area contributed by atoms with Gasteiger partial charge in [0.2, 0.25) is 0 Å². The van der Waals surface area contributed by atoms with Crippen molar-refractivity contribution in [1.82, 2.24) is 9.62 Å². The van der Waals surface area contributed by atoms with E-state index in [1.54, 1.807) is 36.0 Å². The van der Waals surface area contributed by atoms with Crippen LogP contribution in [0.4, 0.5) is 11.4 Å². The Kier molecular flexibility index (Phi) is 13.7. The number of carbonyl (C=O) groups is 1. The van der Waals surface area contributed by atoms with Crippen LogP contribution >= 0.6 is 11.8 Å². The highest BCUT2D eigenvalue weighted by molar-refractivity contribution is 7.99. The summed E-state index contributed by atoms with van der Waals surface area (Å²) in [6.45, 7) is 8.20. The summed E-state index contributed by atoms with van der Waals surface area (Å²) in [6.07, 6.45) is 6.44. The predicted molar refractivity (Wildman–Crippen MR) is 234 cm³/mol. The first-order valence-electron chi connectivity index (χ1n) is 20.2. The maximum absolute atomic E-state index is 13.3. The first kappa shape index (κ1) is 40.6. The summed E-state index contributed by atoms with van der Waals surface area (Å²) in [4.78, 5) is 19.4. The van der Waals surface area contributed by atoms with Gasteiger partial charge in [0, 0.05) is 60.2 Å². The number of anilines is 2. The minimum atomic E-state index is -4.07. The van der Waals surface area contributed by atoms with Crippen LogP contribution < -0.4 is 14.9 Å². The molecule has 2 heterocycles. The van der Waals surface area contributed by atoms with Crippen LogP contribution in [0, 0.1) is 6.92 Å². The molecule has 0 unspecified atom stereocenters. The van der Waals surface area contributed by atoms with Gasteiger partial charge in [-0.25, -0.2) is 13.1 Å². The maximum Gasteiger partial charge on any atom is 0.264 e. The Labute approximate surface area is 343 Å². The van der Waals surface area contributed by atoms with Gasteiger partial charge in [-0.2, -0.15) is 0 Å². The minimum Gasteiger partial charge on any atom is -0.384 e. The molecule has 0 aliphatic carbocycles. The van der Waals surface area contributed by atoms with Crippen LogP contribution in [-0.4, -0.2) is 76.5 Å². The lowest BCUT2D eigenvalue weighted by Gasteiger charge is -2.43. The maximum atomic E-state index is 13.3. The van der Waals surface area contributed by atoms with E-state index in [1.807, 2.05) is 37.3 Å². The smallest absolute Gasteiger partial charge is 0.264 e. The molecule has 0 atom stereocenters. The van der Waals surface area contributed by atoms with Gasteiger partial charge in [0.05, 0.1) is 17.1 Å². The molecular formula is C47H54N4O4S2. The van der Waals surface area contributed by atoms with E-state index in [1.165, 1.54) is 46.9 Å². The van der Waals surface area contributed by atoms with Crippen LogP contribution in [0.2, 0.25) is 0 Å². The highest BCUT2D eigenvalue weighted by Crippen LogP contribution is 2.36. The number of benzene rings is 5. The minimum absolute atomic E-state index is 0.0514. The number of thioether (sulfide) groups is 1. The van der Waals surface area contributed by atoms with Crippen molar-refractivity contribution in [1.29, 1.82) is 0 Å². The van der Waals surface area contributed by atoms with Crippen LogP contribution in [-0.2, 0) is 21.2 Å². The molecule has 2 aliphatic rings. The van der Waals surface area contributed by atoms with Crippen molar-refractivity contribution in [3.63, 3.8) is 0 Å². The Hall–Kier alpha value is -4.61. The summed E-state index contributed by atoms with van der Waals surface area (Å²) < 4.78 is 35.8. The number of aryl methyl sites for hydroxylation is 1.